The molecule has 1 rings (SSSR count). The summed E-state index contributed by atoms with van der Waals surface area (Å²) in [7, 11) is 1.93. The highest BCUT2D eigenvalue weighted by molar-refractivity contribution is 7.09. The zero-order valence-corrected chi connectivity index (χ0v) is 10.8. The lowest BCUT2D eigenvalue weighted by Crippen LogP contribution is -2.05. The lowest BCUT2D eigenvalue weighted by Gasteiger charge is -1.85. The van der Waals surface area contributed by atoms with Crippen LogP contribution < -0.4 is 5.32 Å². The van der Waals surface area contributed by atoms with Gasteiger partial charge in [0.25, 0.3) is 0 Å². The van der Waals surface area contributed by atoms with Crippen LogP contribution in [0.5, 0.6) is 0 Å². The quantitative estimate of drug-likeness (QED) is 0.610. The largest absolute Gasteiger partial charge is 0.319 e. The van der Waals surface area contributed by atoms with E-state index in [2.05, 4.69) is 41.6 Å². The lowest BCUT2D eigenvalue weighted by atomic mass is 10.3. The second kappa shape index (κ2) is 11.3. The van der Waals surface area contributed by atoms with E-state index >= 15 is 0 Å². The van der Waals surface area contributed by atoms with E-state index in [-0.39, 0.29) is 0 Å². The molecular weight excluding hydrogens is 202 g/mol. The minimum Gasteiger partial charge on any atom is -0.319 e. The van der Waals surface area contributed by atoms with Crippen molar-refractivity contribution >= 4 is 11.3 Å². The minimum atomic E-state index is 0.965. The minimum absolute atomic E-state index is 0.965. The van der Waals surface area contributed by atoms with E-state index in [0.717, 1.165) is 13.0 Å². The Balaban J connectivity index is 0.000000265. The third kappa shape index (κ3) is 9.52. The summed E-state index contributed by atoms with van der Waals surface area (Å²) in [5.74, 6) is 5.75. The maximum Gasteiger partial charge on any atom is 0.0214 e. The summed E-state index contributed by atoms with van der Waals surface area (Å²) < 4.78 is 0. The van der Waals surface area contributed by atoms with Crippen molar-refractivity contribution in [1.82, 2.24) is 5.32 Å². The zero-order valence-electron chi connectivity index (χ0n) is 9.97. The number of hydrogen-bond donors (Lipinski definition) is 1. The van der Waals surface area contributed by atoms with Gasteiger partial charge in [-0.15, -0.1) is 23.2 Å². The van der Waals surface area contributed by atoms with Crippen LogP contribution in [0.2, 0.25) is 0 Å². The van der Waals surface area contributed by atoms with Gasteiger partial charge in [0, 0.05) is 17.8 Å². The molecule has 0 unspecified atom stereocenters. The molecule has 15 heavy (non-hydrogen) atoms. The first-order valence-electron chi connectivity index (χ1n) is 5.41. The normalized spacial score (nSPS) is 8.47. The summed E-state index contributed by atoms with van der Waals surface area (Å²) in [5, 5.41) is 5.13. The Labute approximate surface area is 97.9 Å². The first-order chi connectivity index (χ1) is 7.35. The van der Waals surface area contributed by atoms with E-state index in [1.165, 1.54) is 17.7 Å². The molecule has 0 aliphatic heterocycles. The molecule has 0 bridgehead atoms. The van der Waals surface area contributed by atoms with E-state index in [9.17, 15) is 0 Å². The molecule has 0 aliphatic rings. The summed E-state index contributed by atoms with van der Waals surface area (Å²) in [4.78, 5) is 1.51. The molecule has 1 heterocycles. The van der Waals surface area contributed by atoms with Gasteiger partial charge in [-0.05, 0) is 31.8 Å². The van der Waals surface area contributed by atoms with Crippen molar-refractivity contribution in [3.8, 4) is 11.8 Å². The second-order valence-corrected chi connectivity index (χ2v) is 4.14. The average molecular weight is 223 g/mol. The van der Waals surface area contributed by atoms with E-state index in [1.54, 1.807) is 0 Å². The van der Waals surface area contributed by atoms with E-state index < -0.39 is 0 Å². The van der Waals surface area contributed by atoms with Gasteiger partial charge in [0.2, 0.25) is 0 Å². The Kier molecular flexibility index (Phi) is 10.7. The van der Waals surface area contributed by atoms with Crippen molar-refractivity contribution in [3.05, 3.63) is 22.4 Å². The lowest BCUT2D eigenvalue weighted by molar-refractivity contribution is 0.818. The van der Waals surface area contributed by atoms with Crippen molar-refractivity contribution in [3.63, 3.8) is 0 Å². The average Bonchev–Trinajstić information content (AvgIpc) is 2.73. The standard InChI is InChI=1S/C7H10S.C6H11N/c1-2-4-7-5-3-6-8-7;1-3-4-5-6-7-2/h3,5-6H,2,4H2,1H3;7H,5-6H2,1-2H3. The van der Waals surface area contributed by atoms with Crippen molar-refractivity contribution in [2.24, 2.45) is 0 Å². The van der Waals surface area contributed by atoms with Crippen LogP contribution in [0.15, 0.2) is 17.5 Å². The summed E-state index contributed by atoms with van der Waals surface area (Å²) in [5.41, 5.74) is 0. The highest BCUT2D eigenvalue weighted by Crippen LogP contribution is 2.09. The maximum absolute atomic E-state index is 3.00. The molecule has 0 aromatic carbocycles. The molecule has 0 saturated carbocycles. The topological polar surface area (TPSA) is 12.0 Å². The van der Waals surface area contributed by atoms with Crippen molar-refractivity contribution in [2.75, 3.05) is 13.6 Å². The Morgan fingerprint density at radius 3 is 2.73 bits per heavy atom. The van der Waals surface area contributed by atoms with E-state index in [4.69, 9.17) is 0 Å². The van der Waals surface area contributed by atoms with Gasteiger partial charge in [0.15, 0.2) is 0 Å². The molecule has 0 atom stereocenters. The summed E-state index contributed by atoms with van der Waals surface area (Å²) in [6.45, 7) is 5.07. The maximum atomic E-state index is 3.00. The van der Waals surface area contributed by atoms with Gasteiger partial charge in [-0.1, -0.05) is 19.4 Å². The fourth-order valence-corrected chi connectivity index (χ4v) is 1.82. The van der Waals surface area contributed by atoms with Crippen LogP contribution in [0.1, 0.15) is 31.6 Å². The Morgan fingerprint density at radius 1 is 1.47 bits per heavy atom. The number of hydrogen-bond acceptors (Lipinski definition) is 2. The second-order valence-electron chi connectivity index (χ2n) is 3.11. The SMILES string of the molecule is CC#CCCNC.CCCc1cccs1. The molecule has 0 saturated heterocycles. The van der Waals surface area contributed by atoms with Gasteiger partial charge in [-0.3, -0.25) is 0 Å². The monoisotopic (exact) mass is 223 g/mol. The molecule has 0 amide bonds. The highest BCUT2D eigenvalue weighted by atomic mass is 32.1. The third-order valence-corrected chi connectivity index (χ3v) is 2.69. The highest BCUT2D eigenvalue weighted by Gasteiger charge is 1.87. The molecule has 1 N–H and O–H groups in total. The van der Waals surface area contributed by atoms with Crippen molar-refractivity contribution in [2.45, 2.75) is 33.1 Å². The first-order valence-corrected chi connectivity index (χ1v) is 6.29. The van der Waals surface area contributed by atoms with Crippen LogP contribution >= 0.6 is 11.3 Å². The fourth-order valence-electron chi connectivity index (χ4n) is 1.01. The van der Waals surface area contributed by atoms with E-state index in [0.29, 0.717) is 0 Å². The Morgan fingerprint density at radius 2 is 2.27 bits per heavy atom. The van der Waals surface area contributed by atoms with Crippen molar-refractivity contribution < 1.29 is 0 Å². The van der Waals surface area contributed by atoms with Crippen LogP contribution in [0, 0.1) is 11.8 Å². The molecule has 0 spiro atoms. The van der Waals surface area contributed by atoms with Crippen LogP contribution in [0.3, 0.4) is 0 Å². The number of rotatable bonds is 4. The van der Waals surface area contributed by atoms with Gasteiger partial charge in [-0.25, -0.2) is 0 Å². The molecule has 1 aromatic rings. The van der Waals surface area contributed by atoms with Gasteiger partial charge < -0.3 is 5.32 Å². The first kappa shape index (κ1) is 14.2. The van der Waals surface area contributed by atoms with Gasteiger partial charge in [0.1, 0.15) is 0 Å². The smallest absolute Gasteiger partial charge is 0.0214 e. The van der Waals surface area contributed by atoms with Crippen LogP contribution in [-0.4, -0.2) is 13.6 Å². The Bertz CT molecular complexity index is 266. The van der Waals surface area contributed by atoms with Crippen LogP contribution in [0.25, 0.3) is 0 Å². The Hall–Kier alpha value is -0.780. The molecule has 2 heteroatoms. The van der Waals surface area contributed by atoms with E-state index in [1.807, 2.05) is 25.3 Å². The van der Waals surface area contributed by atoms with Crippen LogP contribution in [-0.2, 0) is 6.42 Å². The van der Waals surface area contributed by atoms with Gasteiger partial charge in [-0.2, -0.15) is 0 Å². The molecule has 0 fully saturated rings. The fraction of sp³-hybridized carbons (Fsp3) is 0.538. The number of nitrogens with one attached hydrogen (secondary N) is 1. The van der Waals surface area contributed by atoms with Gasteiger partial charge >= 0.3 is 0 Å². The number of thiophene rings is 1. The van der Waals surface area contributed by atoms with Gasteiger partial charge in [0.05, 0.1) is 0 Å². The predicted molar refractivity (Wildman–Crippen MR) is 70.3 cm³/mol. The molecule has 0 radical (unpaired) electrons. The number of aryl methyl sites for hydroxylation is 1. The molecule has 84 valence electrons. The molecule has 1 aromatic heterocycles. The third-order valence-electron chi connectivity index (χ3n) is 1.75. The molecule has 1 nitrogen and oxygen atoms in total. The summed E-state index contributed by atoms with van der Waals surface area (Å²) in [6, 6.07) is 4.30. The summed E-state index contributed by atoms with van der Waals surface area (Å²) in [6.07, 6.45) is 3.48. The molecule has 0 aliphatic carbocycles. The van der Waals surface area contributed by atoms with Crippen LogP contribution in [0.4, 0.5) is 0 Å². The van der Waals surface area contributed by atoms with Crippen molar-refractivity contribution in [1.29, 1.82) is 0 Å². The summed E-state index contributed by atoms with van der Waals surface area (Å²) >= 11 is 1.85. The predicted octanol–water partition coefficient (Wildman–Crippen LogP) is 3.32. The molecular formula is C13H21NS. The zero-order chi connectivity index (χ0) is 11.4.